The van der Waals surface area contributed by atoms with Crippen LogP contribution in [0, 0.1) is 6.92 Å². The fourth-order valence-electron chi connectivity index (χ4n) is 3.74. The van der Waals surface area contributed by atoms with E-state index in [2.05, 4.69) is 19.8 Å². The molecule has 38 heavy (non-hydrogen) atoms. The second-order valence-electron chi connectivity index (χ2n) is 8.36. The summed E-state index contributed by atoms with van der Waals surface area (Å²) in [5.74, 6) is 1.24. The second kappa shape index (κ2) is 12.2. The van der Waals surface area contributed by atoms with Crippen LogP contribution in [-0.4, -0.2) is 37.2 Å². The van der Waals surface area contributed by atoms with Gasteiger partial charge in [-0.3, -0.25) is 4.79 Å². The number of carbonyl (C=O) groups is 1. The number of ketones is 1. The van der Waals surface area contributed by atoms with E-state index >= 15 is 0 Å². The lowest BCUT2D eigenvalue weighted by Gasteiger charge is -2.11. The van der Waals surface area contributed by atoms with E-state index < -0.39 is 5.83 Å². The van der Waals surface area contributed by atoms with Gasteiger partial charge in [-0.15, -0.1) is 11.6 Å². The number of ether oxygens (including phenoxy) is 1. The number of H-pyrrole nitrogens is 1. The molecule has 11 heteroatoms. The molecule has 3 aromatic heterocycles. The van der Waals surface area contributed by atoms with Crippen LogP contribution >= 0.6 is 23.5 Å². The summed E-state index contributed by atoms with van der Waals surface area (Å²) in [5.41, 5.74) is 10.1. The predicted octanol–water partition coefficient (Wildman–Crippen LogP) is 6.72. The second-order valence-corrected chi connectivity index (χ2v) is 9.64. The zero-order valence-electron chi connectivity index (χ0n) is 21.2. The Balaban J connectivity index is 1.54. The van der Waals surface area contributed by atoms with Crippen molar-refractivity contribution in [1.82, 2.24) is 19.7 Å². The van der Waals surface area contributed by atoms with Crippen LogP contribution in [0.3, 0.4) is 0 Å². The molecule has 0 spiro atoms. The van der Waals surface area contributed by atoms with Gasteiger partial charge in [0.15, 0.2) is 11.6 Å². The van der Waals surface area contributed by atoms with Gasteiger partial charge in [0, 0.05) is 34.3 Å². The van der Waals surface area contributed by atoms with Crippen LogP contribution in [0.2, 0.25) is 0 Å². The number of rotatable bonds is 11. The van der Waals surface area contributed by atoms with E-state index in [0.717, 1.165) is 34.3 Å². The van der Waals surface area contributed by atoms with E-state index in [0.29, 0.717) is 17.3 Å². The smallest absolute Gasteiger partial charge is 0.219 e. The van der Waals surface area contributed by atoms with Gasteiger partial charge in [0.25, 0.3) is 0 Å². The highest BCUT2D eigenvalue weighted by atomic mass is 35.5. The summed E-state index contributed by atoms with van der Waals surface area (Å²) in [4.78, 5) is 20.8. The Kier molecular flexibility index (Phi) is 8.75. The Hall–Kier alpha value is -3.76. The molecule has 4 rings (SSSR count). The molecular formula is C27H28ClFN6O2S. The van der Waals surface area contributed by atoms with Crippen molar-refractivity contribution in [3.8, 4) is 11.6 Å². The summed E-state index contributed by atoms with van der Waals surface area (Å²) in [5, 5.41) is 5.24. The van der Waals surface area contributed by atoms with Crippen LogP contribution < -0.4 is 15.2 Å². The molecule has 4 aromatic rings. The monoisotopic (exact) mass is 554 g/mol. The number of carbonyl (C=O) groups excluding carboxylic acids is 1. The van der Waals surface area contributed by atoms with E-state index in [-0.39, 0.29) is 28.8 Å². The Bertz CT molecular complexity index is 1530. The number of aromatic nitrogens is 4. The van der Waals surface area contributed by atoms with Gasteiger partial charge in [-0.1, -0.05) is 18.0 Å². The van der Waals surface area contributed by atoms with Crippen molar-refractivity contribution in [2.24, 2.45) is 0 Å². The lowest BCUT2D eigenvalue weighted by atomic mass is 10.1. The number of nitrogens with two attached hydrogens (primary N) is 1. The number of anilines is 2. The molecule has 0 amide bonds. The number of allylic oxidation sites excluding steroid dienone is 3. The Morgan fingerprint density at radius 1 is 1.26 bits per heavy atom. The van der Waals surface area contributed by atoms with Crippen LogP contribution in [0.1, 0.15) is 41.9 Å². The number of hydrogen-bond acceptors (Lipinski definition) is 7. The molecule has 1 aromatic carbocycles. The number of nitrogens with one attached hydrogen (secondary N) is 2. The highest BCUT2D eigenvalue weighted by Crippen LogP contribution is 2.27. The van der Waals surface area contributed by atoms with E-state index in [9.17, 15) is 9.18 Å². The third kappa shape index (κ3) is 5.87. The normalized spacial score (nSPS) is 12.2. The molecule has 0 radical (unpaired) electrons. The largest absolute Gasteiger partial charge is 0.436 e. The number of hydrogen-bond donors (Lipinski definition) is 3. The van der Waals surface area contributed by atoms with Crippen LogP contribution in [0.5, 0.6) is 5.88 Å². The number of nitrogens with zero attached hydrogens (tertiary/aromatic N) is 3. The lowest BCUT2D eigenvalue weighted by Crippen LogP contribution is -2.09. The van der Waals surface area contributed by atoms with Crippen LogP contribution in [-0.2, 0) is 0 Å². The van der Waals surface area contributed by atoms with Crippen molar-refractivity contribution in [2.45, 2.75) is 27.2 Å². The number of nitrogen functional groups attached to an aromatic ring is 1. The van der Waals surface area contributed by atoms with E-state index in [4.69, 9.17) is 22.1 Å². The number of aromatic amines is 1. The first kappa shape index (κ1) is 27.3. The Morgan fingerprint density at radius 2 is 2.08 bits per heavy atom. The molecule has 0 fully saturated rings. The number of benzene rings is 1. The Labute approximate surface area is 229 Å². The first-order chi connectivity index (χ1) is 18.4. The maximum atomic E-state index is 13.9. The summed E-state index contributed by atoms with van der Waals surface area (Å²) in [6.07, 6.45) is 6.71. The third-order valence-corrected chi connectivity index (χ3v) is 6.88. The number of fused-ring (bicyclic) bond motifs is 1. The van der Waals surface area contributed by atoms with Gasteiger partial charge in [-0.05, 0) is 63.1 Å². The topological polar surface area (TPSA) is 111 Å². The van der Waals surface area contributed by atoms with E-state index in [1.807, 2.05) is 25.1 Å². The van der Waals surface area contributed by atoms with Gasteiger partial charge in [0.2, 0.25) is 11.7 Å². The van der Waals surface area contributed by atoms with Gasteiger partial charge in [-0.2, -0.15) is 5.10 Å². The summed E-state index contributed by atoms with van der Waals surface area (Å²) in [6, 6.07) is 9.30. The summed E-state index contributed by atoms with van der Waals surface area (Å²) >= 11 is 7.31. The lowest BCUT2D eigenvalue weighted by molar-refractivity contribution is 0.103. The molecule has 8 nitrogen and oxygen atoms in total. The number of pyridine rings is 1. The highest BCUT2D eigenvalue weighted by molar-refractivity contribution is 8.00. The predicted molar refractivity (Wildman–Crippen MR) is 153 cm³/mol. The number of aryl methyl sites for hydroxylation is 1. The van der Waals surface area contributed by atoms with E-state index in [1.54, 1.807) is 37.9 Å². The quantitative estimate of drug-likeness (QED) is 0.0471. The number of alkyl halides is 1. The van der Waals surface area contributed by atoms with Gasteiger partial charge in [-0.25, -0.2) is 14.1 Å². The van der Waals surface area contributed by atoms with Crippen molar-refractivity contribution >= 4 is 51.7 Å². The van der Waals surface area contributed by atoms with Crippen molar-refractivity contribution in [1.29, 1.82) is 0 Å². The highest BCUT2D eigenvalue weighted by Gasteiger charge is 2.21. The molecule has 0 saturated heterocycles. The maximum absolute atomic E-state index is 13.9. The summed E-state index contributed by atoms with van der Waals surface area (Å²) in [6.45, 7) is 5.08. The van der Waals surface area contributed by atoms with Crippen molar-refractivity contribution in [2.75, 3.05) is 22.1 Å². The molecular weight excluding hydrogens is 527 g/mol. The molecule has 198 valence electrons. The molecule has 3 heterocycles. The van der Waals surface area contributed by atoms with Crippen molar-refractivity contribution < 1.29 is 13.9 Å². The number of halogens is 2. The fourth-order valence-corrected chi connectivity index (χ4v) is 4.72. The van der Waals surface area contributed by atoms with Gasteiger partial charge in [0.1, 0.15) is 5.82 Å². The molecule has 0 aliphatic carbocycles. The summed E-state index contributed by atoms with van der Waals surface area (Å²) in [7, 11) is 0. The third-order valence-electron chi connectivity index (χ3n) is 5.74. The maximum Gasteiger partial charge on any atom is 0.219 e. The van der Waals surface area contributed by atoms with Crippen LogP contribution in [0.25, 0.3) is 16.6 Å². The minimum atomic E-state index is -0.485. The molecule has 4 N–H and O–H groups in total. The average molecular weight is 555 g/mol. The van der Waals surface area contributed by atoms with Crippen molar-refractivity contribution in [3.63, 3.8) is 0 Å². The van der Waals surface area contributed by atoms with Crippen LogP contribution in [0.15, 0.2) is 66.5 Å². The SMILES string of the molecule is C/C=C(F)\C(=C/C)Oc1cc(C)c(-n2ncc(C(=O)c3cc4ccc(NSCCCCl)cc4[nH]3)c2N)cn1. The van der Waals surface area contributed by atoms with Gasteiger partial charge >= 0.3 is 0 Å². The molecule has 0 atom stereocenters. The first-order valence-electron chi connectivity index (χ1n) is 11.9. The standard InChI is InChI=1S/C27H28ClFN6O2S/c1-4-20(29)24(5-2)37-25-11-16(3)23(15-31-25)35-27(30)19(14-32-35)26(36)22-12-17-7-8-18(13-21(17)33-22)34-38-10-6-9-28/h4-5,7-8,11-15,33-34H,6,9-10,30H2,1-3H3/b20-4+,24-5+. The van der Waals surface area contributed by atoms with Crippen LogP contribution in [0.4, 0.5) is 15.9 Å². The molecule has 0 aliphatic rings. The summed E-state index contributed by atoms with van der Waals surface area (Å²) < 4.78 is 24.2. The average Bonchev–Trinajstić information content (AvgIpc) is 3.52. The molecule has 0 unspecified atom stereocenters. The molecule has 0 aliphatic heterocycles. The molecule has 0 bridgehead atoms. The van der Waals surface area contributed by atoms with Gasteiger partial charge in [0.05, 0.1) is 29.3 Å². The minimum absolute atomic E-state index is 0.0740. The van der Waals surface area contributed by atoms with Gasteiger partial charge < -0.3 is 20.2 Å². The van der Waals surface area contributed by atoms with E-state index in [1.165, 1.54) is 29.2 Å². The fraction of sp³-hybridized carbons (Fsp3) is 0.222. The molecule has 0 saturated carbocycles. The van der Waals surface area contributed by atoms with Crippen molar-refractivity contribution in [3.05, 3.63) is 83.3 Å². The zero-order chi connectivity index (χ0) is 27.2. The minimum Gasteiger partial charge on any atom is -0.436 e. The zero-order valence-corrected chi connectivity index (χ0v) is 22.8. The first-order valence-corrected chi connectivity index (χ1v) is 13.5. The Morgan fingerprint density at radius 3 is 2.79 bits per heavy atom.